The molecule has 0 saturated carbocycles. The number of hydrogen-bond acceptors (Lipinski definition) is 4. The molecule has 0 spiro atoms. The monoisotopic (exact) mass is 1090 g/mol. The summed E-state index contributed by atoms with van der Waals surface area (Å²) in [5, 5.41) is 0. The van der Waals surface area contributed by atoms with E-state index >= 15 is 0 Å². The second-order valence-corrected chi connectivity index (χ2v) is 22.3. The van der Waals surface area contributed by atoms with Crippen molar-refractivity contribution in [3.8, 4) is 22.3 Å². The molecule has 410 valence electrons. The summed E-state index contributed by atoms with van der Waals surface area (Å²) in [6.45, 7) is 13.0. The van der Waals surface area contributed by atoms with Crippen LogP contribution in [-0.4, -0.2) is 0 Å². The molecule has 0 fully saturated rings. The summed E-state index contributed by atoms with van der Waals surface area (Å²) < 4.78 is 0. The topological polar surface area (TPSA) is 13.0 Å². The van der Waals surface area contributed by atoms with E-state index in [1.807, 2.05) is 0 Å². The highest BCUT2D eigenvalue weighted by Gasteiger charge is 2.19. The highest BCUT2D eigenvalue weighted by atomic mass is 15.2. The standard InChI is InChI=1S/C80H70N4/c1-57-17-37-71(38-18-57)81(72-39-19-58(2)20-40-72)75-45-29-65(30-46-75)66-31-47-76(48-32-66)82(73-41-21-59(3)22-42-73)74-43-26-63(27-44-74)24-25-64-28-54-80(62(6)56-64)84(70-15-11-8-12-16-70)78-51-35-68(36-52-78)67-33-49-77(50-34-67)83(69-13-9-7-10-14-69)79-53-23-60(4)55-61(79)5/h7-23,26-56H,24-25H2,1-6H3. The van der Waals surface area contributed by atoms with Crippen molar-refractivity contribution in [2.45, 2.75) is 54.4 Å². The van der Waals surface area contributed by atoms with Gasteiger partial charge in [-0.1, -0.05) is 180 Å². The molecule has 0 amide bonds. The van der Waals surface area contributed by atoms with E-state index in [1.165, 1.54) is 78.1 Å². The Morgan fingerprint density at radius 3 is 0.786 bits per heavy atom. The number of hydrogen-bond donors (Lipinski definition) is 0. The van der Waals surface area contributed by atoms with Gasteiger partial charge in [0.1, 0.15) is 0 Å². The van der Waals surface area contributed by atoms with E-state index in [0.29, 0.717) is 0 Å². The van der Waals surface area contributed by atoms with Gasteiger partial charge < -0.3 is 19.6 Å². The number of aryl methyl sites for hydroxylation is 8. The Morgan fingerprint density at radius 1 is 0.202 bits per heavy atom. The van der Waals surface area contributed by atoms with Gasteiger partial charge in [-0.25, -0.2) is 0 Å². The van der Waals surface area contributed by atoms with Crippen LogP contribution in [-0.2, 0) is 12.8 Å². The molecule has 0 atom stereocenters. The summed E-state index contributed by atoms with van der Waals surface area (Å²) in [5.74, 6) is 0. The molecule has 4 heteroatoms. The smallest absolute Gasteiger partial charge is 0.0490 e. The number of benzene rings is 12. The Hall–Kier alpha value is -10.2. The van der Waals surface area contributed by atoms with Gasteiger partial charge in [0.15, 0.2) is 0 Å². The van der Waals surface area contributed by atoms with E-state index < -0.39 is 0 Å². The van der Waals surface area contributed by atoms with E-state index in [9.17, 15) is 0 Å². The van der Waals surface area contributed by atoms with E-state index in [-0.39, 0.29) is 0 Å². The van der Waals surface area contributed by atoms with Crippen molar-refractivity contribution < 1.29 is 0 Å². The SMILES string of the molecule is Cc1ccc(N(c2ccc(C)cc2)c2ccc(-c3ccc(N(c4ccc(C)cc4)c4ccc(CCc5ccc(N(c6ccccc6)c6ccc(-c7ccc(N(c8ccccc8)c8ccc(C)cc8C)cc7)cc6)c(C)c5)cc4)cc3)cc2)cc1. The molecule has 0 radical (unpaired) electrons. The van der Waals surface area contributed by atoms with Crippen LogP contribution < -0.4 is 19.6 Å². The summed E-state index contributed by atoms with van der Waals surface area (Å²) in [4.78, 5) is 9.41. The Morgan fingerprint density at radius 2 is 0.452 bits per heavy atom. The fourth-order valence-corrected chi connectivity index (χ4v) is 11.5. The number of rotatable bonds is 17. The van der Waals surface area contributed by atoms with Gasteiger partial charge in [0.2, 0.25) is 0 Å². The Balaban J connectivity index is 0.741. The van der Waals surface area contributed by atoms with E-state index in [2.05, 4.69) is 352 Å². The van der Waals surface area contributed by atoms with E-state index in [4.69, 9.17) is 0 Å². The van der Waals surface area contributed by atoms with Crippen molar-refractivity contribution in [3.05, 3.63) is 336 Å². The van der Waals surface area contributed by atoms with Crippen molar-refractivity contribution >= 4 is 68.2 Å². The first-order chi connectivity index (χ1) is 41.1. The van der Waals surface area contributed by atoms with Gasteiger partial charge in [-0.05, 0) is 232 Å². The molecular formula is C80H70N4. The largest absolute Gasteiger partial charge is 0.311 e. The molecule has 12 aromatic carbocycles. The molecular weight excluding hydrogens is 1020 g/mol. The third kappa shape index (κ3) is 12.1. The Labute approximate surface area is 497 Å². The molecule has 0 aliphatic rings. The van der Waals surface area contributed by atoms with Crippen LogP contribution in [0, 0.1) is 41.5 Å². The molecule has 0 heterocycles. The summed E-state index contributed by atoms with van der Waals surface area (Å²) in [7, 11) is 0. The fraction of sp³-hybridized carbons (Fsp3) is 0.100. The van der Waals surface area contributed by atoms with Crippen LogP contribution in [0.15, 0.2) is 291 Å². The summed E-state index contributed by atoms with van der Waals surface area (Å²) >= 11 is 0. The van der Waals surface area contributed by atoms with Crippen LogP contribution in [0.25, 0.3) is 22.3 Å². The molecule has 12 aromatic rings. The molecule has 0 aliphatic heterocycles. The fourth-order valence-electron chi connectivity index (χ4n) is 11.5. The first-order valence-electron chi connectivity index (χ1n) is 29.3. The Bertz CT molecular complexity index is 4070. The number of nitrogens with zero attached hydrogens (tertiary/aromatic N) is 4. The van der Waals surface area contributed by atoms with Gasteiger partial charge in [-0.15, -0.1) is 0 Å². The quantitative estimate of drug-likeness (QED) is 0.0901. The van der Waals surface area contributed by atoms with Gasteiger partial charge in [-0.2, -0.15) is 0 Å². The molecule has 0 unspecified atom stereocenters. The van der Waals surface area contributed by atoms with Crippen LogP contribution in [0.4, 0.5) is 68.2 Å². The van der Waals surface area contributed by atoms with Gasteiger partial charge >= 0.3 is 0 Å². The zero-order chi connectivity index (χ0) is 57.5. The highest BCUT2D eigenvalue weighted by Crippen LogP contribution is 2.42. The van der Waals surface area contributed by atoms with Gasteiger partial charge in [0, 0.05) is 68.2 Å². The van der Waals surface area contributed by atoms with Crippen molar-refractivity contribution in [2.24, 2.45) is 0 Å². The lowest BCUT2D eigenvalue weighted by atomic mass is 10.00. The molecule has 0 aromatic heterocycles. The minimum atomic E-state index is 0.936. The lowest BCUT2D eigenvalue weighted by Crippen LogP contribution is -2.11. The second kappa shape index (κ2) is 24.5. The van der Waals surface area contributed by atoms with Gasteiger partial charge in [-0.3, -0.25) is 0 Å². The molecule has 0 aliphatic carbocycles. The average Bonchev–Trinajstić information content (AvgIpc) is 3.62. The van der Waals surface area contributed by atoms with E-state index in [1.54, 1.807) is 0 Å². The zero-order valence-electron chi connectivity index (χ0n) is 48.9. The lowest BCUT2D eigenvalue weighted by Gasteiger charge is -2.28. The van der Waals surface area contributed by atoms with Crippen LogP contribution in [0.3, 0.4) is 0 Å². The second-order valence-electron chi connectivity index (χ2n) is 22.3. The third-order valence-electron chi connectivity index (χ3n) is 16.1. The predicted molar refractivity (Wildman–Crippen MR) is 358 cm³/mol. The molecule has 0 bridgehead atoms. The normalized spacial score (nSPS) is 11.1. The maximum Gasteiger partial charge on any atom is 0.0490 e. The maximum atomic E-state index is 2.38. The summed E-state index contributed by atoms with van der Waals surface area (Å²) in [6.07, 6.45) is 1.87. The van der Waals surface area contributed by atoms with Gasteiger partial charge in [0.25, 0.3) is 0 Å². The van der Waals surface area contributed by atoms with Crippen molar-refractivity contribution in [3.63, 3.8) is 0 Å². The van der Waals surface area contributed by atoms with Crippen molar-refractivity contribution in [2.75, 3.05) is 19.6 Å². The van der Waals surface area contributed by atoms with E-state index in [0.717, 1.165) is 69.7 Å². The number of para-hydroxylation sites is 2. The summed E-state index contributed by atoms with van der Waals surface area (Å²) in [6, 6.07) is 106. The molecule has 0 saturated heterocycles. The zero-order valence-corrected chi connectivity index (χ0v) is 48.9. The highest BCUT2D eigenvalue weighted by molar-refractivity contribution is 5.84. The maximum absolute atomic E-state index is 2.38. The summed E-state index contributed by atoms with van der Waals surface area (Å²) in [5.41, 5.74) is 28.4. The average molecular weight is 1090 g/mol. The van der Waals surface area contributed by atoms with Crippen LogP contribution >= 0.6 is 0 Å². The van der Waals surface area contributed by atoms with Crippen LogP contribution in [0.5, 0.6) is 0 Å². The van der Waals surface area contributed by atoms with Crippen LogP contribution in [0.2, 0.25) is 0 Å². The molecule has 0 N–H and O–H groups in total. The minimum Gasteiger partial charge on any atom is -0.311 e. The molecule has 4 nitrogen and oxygen atoms in total. The molecule has 84 heavy (non-hydrogen) atoms. The first kappa shape index (κ1) is 54.4. The first-order valence-corrected chi connectivity index (χ1v) is 29.3. The van der Waals surface area contributed by atoms with Crippen molar-refractivity contribution in [1.82, 2.24) is 0 Å². The van der Waals surface area contributed by atoms with Gasteiger partial charge in [0.05, 0.1) is 0 Å². The van der Waals surface area contributed by atoms with Crippen molar-refractivity contribution in [1.29, 1.82) is 0 Å². The Kier molecular flexibility index (Phi) is 15.9. The third-order valence-corrected chi connectivity index (χ3v) is 16.1. The van der Waals surface area contributed by atoms with Crippen LogP contribution in [0.1, 0.15) is 44.5 Å². The minimum absolute atomic E-state index is 0.936. The predicted octanol–water partition coefficient (Wildman–Crippen LogP) is 22.5. The lowest BCUT2D eigenvalue weighted by molar-refractivity contribution is 0.957. The number of anilines is 12. The molecule has 12 rings (SSSR count).